The highest BCUT2D eigenvalue weighted by atomic mass is 19.4. The third-order valence-electron chi connectivity index (χ3n) is 8.57. The molecular formula is C32H20F26O4. The Balaban J connectivity index is 3.09. The minimum atomic E-state index is -8.60. The molecule has 0 bridgehead atoms. The molecule has 2 aromatic carbocycles. The van der Waals surface area contributed by atoms with Gasteiger partial charge in [0.1, 0.15) is 11.5 Å². The van der Waals surface area contributed by atoms with Crippen LogP contribution in [0.4, 0.5) is 114 Å². The van der Waals surface area contributed by atoms with Gasteiger partial charge in [0, 0.05) is 26.7 Å². The van der Waals surface area contributed by atoms with Crippen LogP contribution in [0.25, 0.3) is 0 Å². The average Bonchev–Trinajstić information content (AvgIpc) is 3.08. The molecule has 0 aliphatic carbocycles. The van der Waals surface area contributed by atoms with Crippen molar-refractivity contribution < 1.29 is 133 Å². The van der Waals surface area contributed by atoms with Crippen LogP contribution in [0.5, 0.6) is 11.5 Å². The maximum absolute atomic E-state index is 15.5. The molecule has 30 heteroatoms. The Morgan fingerprint density at radius 1 is 0.371 bits per heavy atom. The number of alkyl halides is 26. The van der Waals surface area contributed by atoms with Gasteiger partial charge >= 0.3 is 83.5 Å². The molecule has 0 aromatic heterocycles. The number of carbonyl (C=O) groups is 2. The first-order valence-electron chi connectivity index (χ1n) is 15.7. The Kier molecular flexibility index (Phi) is 14.1. The van der Waals surface area contributed by atoms with Gasteiger partial charge in [0.2, 0.25) is 0 Å². The van der Waals surface area contributed by atoms with Gasteiger partial charge in [-0.1, -0.05) is 24.3 Å². The van der Waals surface area contributed by atoms with Gasteiger partial charge < -0.3 is 9.47 Å². The second-order valence-corrected chi connectivity index (χ2v) is 12.9. The van der Waals surface area contributed by atoms with Gasteiger partial charge in [-0.3, -0.25) is 9.59 Å². The molecule has 0 fully saturated rings. The highest BCUT2D eigenvalue weighted by Crippen LogP contribution is 2.64. The van der Waals surface area contributed by atoms with Crippen molar-refractivity contribution in [1.29, 1.82) is 0 Å². The topological polar surface area (TPSA) is 52.6 Å². The zero-order chi connectivity index (χ0) is 49.1. The number of rotatable bonds is 17. The Morgan fingerprint density at radius 2 is 0.581 bits per heavy atom. The third kappa shape index (κ3) is 9.00. The van der Waals surface area contributed by atoms with Crippen LogP contribution in [0.1, 0.15) is 49.7 Å². The summed E-state index contributed by atoms with van der Waals surface area (Å²) in [5.74, 6) is -93.8. The highest BCUT2D eigenvalue weighted by molar-refractivity contribution is 5.69. The first-order valence-corrected chi connectivity index (χ1v) is 15.7. The number of halogens is 26. The van der Waals surface area contributed by atoms with Crippen molar-refractivity contribution in [3.8, 4) is 11.5 Å². The molecule has 0 radical (unpaired) electrons. The summed E-state index contributed by atoms with van der Waals surface area (Å²) in [4.78, 5) is 22.5. The Labute approximate surface area is 327 Å². The number of hydrogen-bond donors (Lipinski definition) is 0. The largest absolute Gasteiger partial charge is 0.460 e. The van der Waals surface area contributed by atoms with E-state index in [1.165, 1.54) is 0 Å². The second-order valence-electron chi connectivity index (χ2n) is 12.9. The summed E-state index contributed by atoms with van der Waals surface area (Å²) in [5, 5.41) is 0. The van der Waals surface area contributed by atoms with Crippen molar-refractivity contribution in [2.45, 2.75) is 110 Å². The lowest BCUT2D eigenvalue weighted by atomic mass is 9.73. The SMILES string of the molecule is CC(=O)Oc1ccc([C@@H](CC(F)(F)C(F)(F)C(F)(F)C(F)(F)C(F)(F)C(F)(F)F)[C@H](CC(F)(F)C(F)(F)C(F)(F)C(F)(F)C(F)(F)C(F)(F)F)c2ccc(OC(C)=O)cc2)cc1. The first-order chi connectivity index (χ1) is 27.2. The van der Waals surface area contributed by atoms with E-state index in [4.69, 9.17) is 0 Å². The van der Waals surface area contributed by atoms with Gasteiger partial charge in [-0.25, -0.2) is 0 Å². The van der Waals surface area contributed by atoms with E-state index in [0.29, 0.717) is 38.1 Å². The second kappa shape index (κ2) is 16.3. The maximum atomic E-state index is 15.5. The van der Waals surface area contributed by atoms with E-state index < -0.39 is 131 Å². The van der Waals surface area contributed by atoms with Gasteiger partial charge in [0.15, 0.2) is 0 Å². The van der Waals surface area contributed by atoms with E-state index in [1.807, 2.05) is 0 Å². The molecule has 0 heterocycles. The van der Waals surface area contributed by atoms with Gasteiger partial charge in [0.25, 0.3) is 0 Å². The molecule has 62 heavy (non-hydrogen) atoms. The lowest BCUT2D eigenvalue weighted by Crippen LogP contribution is -2.70. The van der Waals surface area contributed by atoms with Crippen molar-refractivity contribution in [2.75, 3.05) is 0 Å². The first kappa shape index (κ1) is 53.7. The fourth-order valence-corrected chi connectivity index (χ4v) is 5.30. The summed E-state index contributed by atoms with van der Waals surface area (Å²) in [6.45, 7) is 1.28. The summed E-state index contributed by atoms with van der Waals surface area (Å²) < 4.78 is 374. The lowest BCUT2D eigenvalue weighted by Gasteiger charge is -2.42. The monoisotopic (exact) mass is 962 g/mol. The molecule has 0 amide bonds. The summed E-state index contributed by atoms with van der Waals surface area (Å²) >= 11 is 0. The Bertz CT molecular complexity index is 1760. The van der Waals surface area contributed by atoms with Gasteiger partial charge in [-0.05, 0) is 47.2 Å². The number of ether oxygens (including phenoxy) is 2. The van der Waals surface area contributed by atoms with Gasteiger partial charge in [-0.15, -0.1) is 0 Å². The average molecular weight is 962 g/mol. The van der Waals surface area contributed by atoms with Crippen LogP contribution in [0.15, 0.2) is 48.5 Å². The number of carbonyl (C=O) groups excluding carboxylic acids is 2. The Morgan fingerprint density at radius 3 is 0.774 bits per heavy atom. The molecule has 0 saturated carbocycles. The van der Waals surface area contributed by atoms with Crippen LogP contribution in [-0.4, -0.2) is 83.5 Å². The van der Waals surface area contributed by atoms with Crippen molar-refractivity contribution in [1.82, 2.24) is 0 Å². The maximum Gasteiger partial charge on any atom is 0.460 e. The summed E-state index contributed by atoms with van der Waals surface area (Å²) in [5.41, 5.74) is -3.05. The van der Waals surface area contributed by atoms with E-state index in [0.717, 1.165) is 0 Å². The fraction of sp³-hybridized carbons (Fsp3) is 0.562. The molecule has 4 nitrogen and oxygen atoms in total. The van der Waals surface area contributed by atoms with Gasteiger partial charge in [0.05, 0.1) is 0 Å². The molecule has 2 atom stereocenters. The smallest absolute Gasteiger partial charge is 0.427 e. The van der Waals surface area contributed by atoms with Crippen LogP contribution in [0, 0.1) is 0 Å². The van der Waals surface area contributed by atoms with Crippen molar-refractivity contribution >= 4 is 11.9 Å². The molecule has 0 aliphatic rings. The minimum Gasteiger partial charge on any atom is -0.427 e. The van der Waals surface area contributed by atoms with Crippen molar-refractivity contribution in [3.63, 3.8) is 0 Å². The van der Waals surface area contributed by atoms with Crippen LogP contribution in [0.3, 0.4) is 0 Å². The lowest BCUT2D eigenvalue weighted by molar-refractivity contribution is -0.441. The number of hydrogen-bond acceptors (Lipinski definition) is 4. The molecule has 0 saturated heterocycles. The molecule has 2 aromatic rings. The van der Waals surface area contributed by atoms with E-state index in [-0.39, 0.29) is 24.3 Å². The quantitative estimate of drug-likeness (QED) is 0.0901. The van der Waals surface area contributed by atoms with Crippen LogP contribution in [0.2, 0.25) is 0 Å². The summed E-state index contributed by atoms with van der Waals surface area (Å²) in [6.07, 6.45) is -23.2. The Hall–Kier alpha value is -4.44. The molecule has 0 N–H and O–H groups in total. The molecule has 2 rings (SSSR count). The van der Waals surface area contributed by atoms with Crippen LogP contribution < -0.4 is 9.47 Å². The molecule has 0 spiro atoms. The zero-order valence-electron chi connectivity index (χ0n) is 29.6. The van der Waals surface area contributed by atoms with E-state index >= 15 is 17.6 Å². The normalized spacial score (nSPS) is 15.9. The molecule has 0 aliphatic heterocycles. The standard InChI is InChI=1S/C32H20F26O4/c1-13(59)61-17-7-3-15(4-8-17)19(11-21(33,34)23(37,38)25(41,42)27(45,46)29(49,50)31(53,54)55)20(16-5-9-18(10-6-16)62-14(2)60)12-22(35,36)24(39,40)26(43,44)28(47,48)30(51,52)32(56,57)58/h3-10,19-20H,11-12H2,1-2H3/t19-,20-/m1/s1. The molecule has 0 unspecified atom stereocenters. The van der Waals surface area contributed by atoms with Crippen LogP contribution in [-0.2, 0) is 9.59 Å². The number of benzene rings is 2. The van der Waals surface area contributed by atoms with Gasteiger partial charge in [-0.2, -0.15) is 114 Å². The van der Waals surface area contributed by atoms with Crippen LogP contribution >= 0.6 is 0 Å². The summed E-state index contributed by atoms with van der Waals surface area (Å²) in [7, 11) is 0. The third-order valence-corrected chi connectivity index (χ3v) is 8.57. The molecular weight excluding hydrogens is 942 g/mol. The highest BCUT2D eigenvalue weighted by Gasteiger charge is 2.92. The molecule has 354 valence electrons. The van der Waals surface area contributed by atoms with Crippen molar-refractivity contribution in [2.24, 2.45) is 0 Å². The fourth-order valence-electron chi connectivity index (χ4n) is 5.30. The number of esters is 2. The van der Waals surface area contributed by atoms with E-state index in [9.17, 15) is 106 Å². The predicted octanol–water partition coefficient (Wildman–Crippen LogP) is 12.7. The van der Waals surface area contributed by atoms with E-state index in [1.54, 1.807) is 0 Å². The minimum absolute atomic E-state index is 0.0882. The predicted molar refractivity (Wildman–Crippen MR) is 152 cm³/mol. The summed E-state index contributed by atoms with van der Waals surface area (Å²) in [6, 6.07) is 1.55. The van der Waals surface area contributed by atoms with Crippen molar-refractivity contribution in [3.05, 3.63) is 59.7 Å². The zero-order valence-corrected chi connectivity index (χ0v) is 29.6. The van der Waals surface area contributed by atoms with E-state index in [2.05, 4.69) is 9.47 Å².